The highest BCUT2D eigenvalue weighted by molar-refractivity contribution is 5.98. The number of aliphatic hydroxyl groups is 2. The van der Waals surface area contributed by atoms with Crippen molar-refractivity contribution in [1.82, 2.24) is 69.1 Å². The molecule has 6 aromatic carbocycles. The highest BCUT2D eigenvalue weighted by atomic mass is 16.6. The molecule has 18 N–H and O–H groups in total. The molecule has 0 spiro atoms. The molecular weight excluding hydrogens is 1540 g/mol. The van der Waals surface area contributed by atoms with Crippen molar-refractivity contribution in [1.29, 1.82) is 0 Å². The number of hydrogen-bond donors (Lipinski definition) is 17. The molecule has 36 heteroatoms. The lowest BCUT2D eigenvalue weighted by molar-refractivity contribution is -0.145. The lowest BCUT2D eigenvalue weighted by atomic mass is 10.00. The fourth-order valence-corrected chi connectivity index (χ4v) is 11.5. The van der Waals surface area contributed by atoms with E-state index in [1.54, 1.807) is 196 Å². The molecule has 6 rings (SSSR count). The van der Waals surface area contributed by atoms with Gasteiger partial charge in [0.05, 0.1) is 12.2 Å². The normalized spacial score (nSPS) is 13.6. The van der Waals surface area contributed by atoms with Gasteiger partial charge < -0.3 is 114 Å². The van der Waals surface area contributed by atoms with Crippen molar-refractivity contribution in [2.24, 2.45) is 11.7 Å². The molecule has 0 aliphatic carbocycles. The van der Waals surface area contributed by atoms with Crippen LogP contribution in [0.25, 0.3) is 0 Å². The Kier molecular flexibility index (Phi) is 41.1. The summed E-state index contributed by atoms with van der Waals surface area (Å²) in [5, 5.41) is 63.6. The second-order valence-corrected chi connectivity index (χ2v) is 27.9. The average molecular weight is 1650 g/mol. The van der Waals surface area contributed by atoms with Crippen molar-refractivity contribution in [2.45, 2.75) is 172 Å². The van der Waals surface area contributed by atoms with Gasteiger partial charge in [-0.05, 0) is 98.2 Å². The van der Waals surface area contributed by atoms with E-state index in [2.05, 4.69) is 69.1 Å². The number of ether oxygens (including phenoxy) is 5. The van der Waals surface area contributed by atoms with Gasteiger partial charge in [0.15, 0.2) is 6.04 Å². The van der Waals surface area contributed by atoms with Crippen LogP contribution in [0.1, 0.15) is 99.6 Å². The topological polar surface area (TPSA) is 528 Å². The van der Waals surface area contributed by atoms with E-state index in [9.17, 15) is 72.9 Å². The summed E-state index contributed by atoms with van der Waals surface area (Å²) in [5.74, 6) is -10.7. The lowest BCUT2D eigenvalue weighted by Gasteiger charge is -2.29. The second kappa shape index (κ2) is 51.7. The third-order valence-corrected chi connectivity index (χ3v) is 17.8. The lowest BCUT2D eigenvalue weighted by Crippen LogP contribution is -2.61. The minimum absolute atomic E-state index is 0.136. The standard InChI is InChI=1S/C83H106N14O22/c1-52(2)45-66(75(105)92-62(36-41-85-79(110)115-47-56-25-13-6-14-26-56)71(101)91-65(74(104)96-69(54(4)99)78(108)109)39-44-88-82(113)118-50-59-31-19-9-20-32-59)94-76(106)67(46-55-23-11-5-12-24-55)95-73(103)63(37-42-86-80(111)116-48-57-27-15-7-16-28-57)90-70(100)61(35-40-84)89-72(102)64(38-43-87-81(112)117-49-58-29-17-8-18-30-58)93-77(107)68(53(3)98)97-83(114)119-51-60-33-21-10-22-34-60/h5-34,52-54,61-69,98-99H,35-51,84H2,1-4H3,(H,85,110)(H,86,111)(H,87,112)(H,88,113)(H,89,102)(H,90,100)(H,91,101)(H,92,105)(H,93,107)(H,94,106)(H,95,103)(H,96,104)(H,97,114)(H,108,109)/t53-,54-,61+,62+,63+,64+,65+,66+,67+,68+,69+/m1/s1. The second-order valence-electron chi connectivity index (χ2n) is 27.9. The van der Waals surface area contributed by atoms with Crippen LogP contribution in [-0.2, 0) is 106 Å². The van der Waals surface area contributed by atoms with E-state index in [-0.39, 0.29) is 78.5 Å². The Hall–Kier alpha value is -13.2. The van der Waals surface area contributed by atoms with Crippen LogP contribution in [0.5, 0.6) is 0 Å². The molecule has 0 unspecified atom stereocenters. The molecule has 0 saturated heterocycles. The first-order valence-electron chi connectivity index (χ1n) is 38.7. The molecule has 0 aliphatic rings. The van der Waals surface area contributed by atoms with E-state index in [1.807, 2.05) is 0 Å². The fraction of sp³-hybridized carbons (Fsp3) is 0.398. The summed E-state index contributed by atoms with van der Waals surface area (Å²) in [6.07, 6.45) is -10.6. The maximum atomic E-state index is 15.2. The number of alkyl carbamates (subject to hydrolysis) is 5. The number of hydrogen-bond acceptors (Lipinski definition) is 22. The number of nitrogens with one attached hydrogen (secondary N) is 13. The van der Waals surface area contributed by atoms with Crippen molar-refractivity contribution in [3.63, 3.8) is 0 Å². The summed E-state index contributed by atoms with van der Waals surface area (Å²) >= 11 is 0. The number of aliphatic carboxylic acids is 1. The quantitative estimate of drug-likeness (QED) is 0.0244. The maximum absolute atomic E-state index is 15.2. The number of aliphatic hydroxyl groups excluding tert-OH is 2. The Labute approximate surface area is 688 Å². The molecule has 0 aromatic heterocycles. The van der Waals surface area contributed by atoms with E-state index in [0.717, 1.165) is 6.92 Å². The molecule has 0 aliphatic heterocycles. The predicted octanol–water partition coefficient (Wildman–Crippen LogP) is 2.91. The van der Waals surface area contributed by atoms with Crippen LogP contribution < -0.4 is 74.9 Å². The zero-order chi connectivity index (χ0) is 86.4. The molecule has 6 aromatic rings. The van der Waals surface area contributed by atoms with Crippen LogP contribution in [-0.4, -0.2) is 198 Å². The molecule has 0 fully saturated rings. The summed E-state index contributed by atoms with van der Waals surface area (Å²) in [4.78, 5) is 195. The molecule has 13 amide bonds. The molecule has 0 radical (unpaired) electrons. The number of amides is 13. The molecule has 119 heavy (non-hydrogen) atoms. The Balaban J connectivity index is 1.28. The van der Waals surface area contributed by atoms with Crippen molar-refractivity contribution >= 4 is 83.7 Å². The zero-order valence-electron chi connectivity index (χ0n) is 66.4. The Morgan fingerprint density at radius 1 is 0.294 bits per heavy atom. The Bertz CT molecular complexity index is 4220. The maximum Gasteiger partial charge on any atom is 0.408 e. The van der Waals surface area contributed by atoms with Crippen LogP contribution in [0.3, 0.4) is 0 Å². The van der Waals surface area contributed by atoms with E-state index in [1.165, 1.54) is 6.92 Å². The summed E-state index contributed by atoms with van der Waals surface area (Å²) < 4.78 is 26.7. The summed E-state index contributed by atoms with van der Waals surface area (Å²) in [5.41, 5.74) is 9.68. The van der Waals surface area contributed by atoms with Crippen LogP contribution in [0.2, 0.25) is 0 Å². The van der Waals surface area contributed by atoms with Gasteiger partial charge in [-0.25, -0.2) is 28.8 Å². The minimum atomic E-state index is -1.90. The van der Waals surface area contributed by atoms with Gasteiger partial charge in [0.2, 0.25) is 47.3 Å². The van der Waals surface area contributed by atoms with E-state index < -0.39 is 188 Å². The number of carboxylic acids is 1. The number of carboxylic acid groups (broad SMARTS) is 1. The van der Waals surface area contributed by atoms with Gasteiger partial charge >= 0.3 is 36.4 Å². The van der Waals surface area contributed by atoms with Gasteiger partial charge in [-0.15, -0.1) is 0 Å². The summed E-state index contributed by atoms with van der Waals surface area (Å²) in [6, 6.07) is 36.0. The van der Waals surface area contributed by atoms with Crippen LogP contribution >= 0.6 is 0 Å². The monoisotopic (exact) mass is 1650 g/mol. The fourth-order valence-electron chi connectivity index (χ4n) is 11.5. The molecule has 0 bridgehead atoms. The largest absolute Gasteiger partial charge is 0.480 e. The van der Waals surface area contributed by atoms with Crippen molar-refractivity contribution in [2.75, 3.05) is 32.7 Å². The van der Waals surface area contributed by atoms with Gasteiger partial charge in [-0.1, -0.05) is 196 Å². The predicted molar refractivity (Wildman–Crippen MR) is 430 cm³/mol. The smallest absolute Gasteiger partial charge is 0.408 e. The average Bonchev–Trinajstić information content (AvgIpc) is 0.856. The molecule has 36 nitrogen and oxygen atoms in total. The molecule has 0 saturated carbocycles. The summed E-state index contributed by atoms with van der Waals surface area (Å²) in [6.45, 7) is 3.06. The van der Waals surface area contributed by atoms with E-state index in [4.69, 9.17) is 29.4 Å². The Morgan fingerprint density at radius 3 is 0.824 bits per heavy atom. The molecule has 640 valence electrons. The van der Waals surface area contributed by atoms with Gasteiger partial charge in [-0.2, -0.15) is 0 Å². The Morgan fingerprint density at radius 2 is 0.538 bits per heavy atom. The minimum Gasteiger partial charge on any atom is -0.480 e. The molecule has 0 heterocycles. The van der Waals surface area contributed by atoms with Gasteiger partial charge in [0, 0.05) is 32.6 Å². The number of benzene rings is 6. The first-order valence-corrected chi connectivity index (χ1v) is 38.7. The van der Waals surface area contributed by atoms with E-state index >= 15 is 9.59 Å². The van der Waals surface area contributed by atoms with Crippen molar-refractivity contribution in [3.8, 4) is 0 Å². The number of carbonyl (C=O) groups excluding carboxylic acids is 13. The van der Waals surface area contributed by atoms with Crippen molar-refractivity contribution in [3.05, 3.63) is 215 Å². The van der Waals surface area contributed by atoms with Gasteiger partial charge in [0.25, 0.3) is 0 Å². The van der Waals surface area contributed by atoms with Crippen LogP contribution in [0.4, 0.5) is 24.0 Å². The van der Waals surface area contributed by atoms with Gasteiger partial charge in [-0.3, -0.25) is 38.4 Å². The highest BCUT2D eigenvalue weighted by Gasteiger charge is 2.37. The third-order valence-electron chi connectivity index (χ3n) is 17.8. The SMILES string of the molecule is CC(C)C[C@H](NC(=O)[C@H](Cc1ccccc1)NC(=O)[C@H](CCNC(=O)OCc1ccccc1)NC(=O)[C@H](CCN)NC(=O)[C@H](CCNC(=O)OCc1ccccc1)NC(=O)[C@@H](NC(=O)OCc1ccccc1)[C@@H](C)O)C(=O)N[C@@H](CCNC(=O)OCc1ccccc1)C(=O)N[C@@H](CCNC(=O)OCc1ccccc1)C(=O)N[C@H](C(=O)O)[C@@H](C)O. The van der Waals surface area contributed by atoms with Crippen LogP contribution in [0, 0.1) is 5.92 Å². The van der Waals surface area contributed by atoms with Gasteiger partial charge in [0.1, 0.15) is 81.4 Å². The number of nitrogens with two attached hydrogens (primary N) is 1. The number of rotatable bonds is 48. The number of carbonyl (C=O) groups is 14. The first kappa shape index (κ1) is 94.6. The van der Waals surface area contributed by atoms with Crippen molar-refractivity contribution < 1.29 is 106 Å². The first-order chi connectivity index (χ1) is 57.1. The zero-order valence-corrected chi connectivity index (χ0v) is 66.4. The highest BCUT2D eigenvalue weighted by Crippen LogP contribution is 2.14. The third kappa shape index (κ3) is 36.2. The van der Waals surface area contributed by atoms with Crippen LogP contribution in [0.15, 0.2) is 182 Å². The van der Waals surface area contributed by atoms with E-state index in [0.29, 0.717) is 33.4 Å². The molecule has 11 atom stereocenters. The molecular formula is C83H106N14O22. The summed E-state index contributed by atoms with van der Waals surface area (Å²) in [7, 11) is 0.